The van der Waals surface area contributed by atoms with Crippen LogP contribution < -0.4 is 9.47 Å². The van der Waals surface area contributed by atoms with E-state index in [4.69, 9.17) is 9.47 Å². The Hall–Kier alpha value is -2.16. The van der Waals surface area contributed by atoms with Crippen molar-refractivity contribution in [1.29, 1.82) is 0 Å². The van der Waals surface area contributed by atoms with Crippen LogP contribution in [-0.4, -0.2) is 18.3 Å². The van der Waals surface area contributed by atoms with Crippen LogP contribution in [0.3, 0.4) is 0 Å². The quantitative estimate of drug-likeness (QED) is 0.899. The maximum atomic E-state index is 9.62. The van der Waals surface area contributed by atoms with Gasteiger partial charge in [0.1, 0.15) is 5.75 Å². The molecule has 0 bridgehead atoms. The van der Waals surface area contributed by atoms with Gasteiger partial charge in [0.25, 0.3) is 0 Å². The number of benzene rings is 2. The van der Waals surface area contributed by atoms with Gasteiger partial charge in [0.2, 0.25) is 0 Å². The number of aromatic hydroxyl groups is 1. The Morgan fingerprint density at radius 2 is 1.89 bits per heavy atom. The smallest absolute Gasteiger partial charge is 0.160 e. The molecule has 1 aliphatic rings. The molecule has 3 nitrogen and oxygen atoms in total. The average molecular weight is 242 g/mol. The maximum absolute atomic E-state index is 9.62. The summed E-state index contributed by atoms with van der Waals surface area (Å²) in [7, 11) is 0. The zero-order valence-electron chi connectivity index (χ0n) is 9.87. The lowest BCUT2D eigenvalue weighted by molar-refractivity contribution is 0.241. The Morgan fingerprint density at radius 1 is 1.11 bits per heavy atom. The van der Waals surface area contributed by atoms with Gasteiger partial charge in [-0.25, -0.2) is 0 Å². The predicted octanol–water partition coefficient (Wildman–Crippen LogP) is 2.95. The third kappa shape index (κ3) is 1.99. The van der Waals surface area contributed by atoms with Crippen LogP contribution in [0.15, 0.2) is 48.5 Å². The lowest BCUT2D eigenvalue weighted by Crippen LogP contribution is -2.11. The largest absolute Gasteiger partial charge is 0.504 e. The second-order valence-corrected chi connectivity index (χ2v) is 4.32. The highest BCUT2D eigenvalue weighted by molar-refractivity contribution is 5.41. The van der Waals surface area contributed by atoms with E-state index in [1.807, 2.05) is 24.3 Å². The Bertz CT molecular complexity index is 551. The molecule has 0 aliphatic carbocycles. The van der Waals surface area contributed by atoms with Gasteiger partial charge in [0.05, 0.1) is 19.1 Å². The van der Waals surface area contributed by atoms with Crippen molar-refractivity contribution in [3.8, 4) is 17.2 Å². The van der Waals surface area contributed by atoms with Crippen LogP contribution in [-0.2, 0) is 0 Å². The SMILES string of the molecule is Oc1ccccc1OCC1COc2ccccc21. The van der Waals surface area contributed by atoms with E-state index in [2.05, 4.69) is 6.07 Å². The summed E-state index contributed by atoms with van der Waals surface area (Å²) in [6.45, 7) is 1.14. The Balaban J connectivity index is 1.71. The van der Waals surface area contributed by atoms with E-state index in [0.29, 0.717) is 19.0 Å². The van der Waals surface area contributed by atoms with Crippen molar-refractivity contribution in [3.63, 3.8) is 0 Å². The molecule has 92 valence electrons. The Kier molecular flexibility index (Phi) is 2.81. The number of ether oxygens (including phenoxy) is 2. The molecule has 3 heteroatoms. The number of fused-ring (bicyclic) bond motifs is 1. The van der Waals surface area contributed by atoms with Crippen molar-refractivity contribution >= 4 is 0 Å². The highest BCUT2D eigenvalue weighted by atomic mass is 16.5. The Morgan fingerprint density at radius 3 is 2.78 bits per heavy atom. The molecule has 2 aromatic carbocycles. The van der Waals surface area contributed by atoms with E-state index >= 15 is 0 Å². The fraction of sp³-hybridized carbons (Fsp3) is 0.200. The highest BCUT2D eigenvalue weighted by Crippen LogP contribution is 2.34. The number of hydrogen-bond donors (Lipinski definition) is 1. The fourth-order valence-corrected chi connectivity index (χ4v) is 2.14. The summed E-state index contributed by atoms with van der Waals surface area (Å²) in [6, 6.07) is 15.0. The highest BCUT2D eigenvalue weighted by Gasteiger charge is 2.24. The van der Waals surface area contributed by atoms with E-state index in [1.165, 1.54) is 5.56 Å². The number of hydrogen-bond acceptors (Lipinski definition) is 3. The van der Waals surface area contributed by atoms with Crippen LogP contribution >= 0.6 is 0 Å². The van der Waals surface area contributed by atoms with Crippen molar-refractivity contribution in [2.75, 3.05) is 13.2 Å². The zero-order valence-corrected chi connectivity index (χ0v) is 9.87. The van der Waals surface area contributed by atoms with E-state index in [0.717, 1.165) is 5.75 Å². The number of para-hydroxylation sites is 3. The molecule has 0 spiro atoms. The van der Waals surface area contributed by atoms with Crippen molar-refractivity contribution in [2.24, 2.45) is 0 Å². The van der Waals surface area contributed by atoms with E-state index in [-0.39, 0.29) is 11.7 Å². The first-order valence-corrected chi connectivity index (χ1v) is 5.97. The molecule has 1 N–H and O–H groups in total. The van der Waals surface area contributed by atoms with Gasteiger partial charge in [-0.15, -0.1) is 0 Å². The second-order valence-electron chi connectivity index (χ2n) is 4.32. The predicted molar refractivity (Wildman–Crippen MR) is 68.3 cm³/mol. The van der Waals surface area contributed by atoms with Gasteiger partial charge in [0.15, 0.2) is 11.5 Å². The minimum atomic E-state index is 0.171. The molecule has 0 radical (unpaired) electrons. The molecular formula is C15H14O3. The average Bonchev–Trinajstić information content (AvgIpc) is 2.81. The molecule has 0 aromatic heterocycles. The molecule has 1 aliphatic heterocycles. The van der Waals surface area contributed by atoms with Crippen molar-refractivity contribution < 1.29 is 14.6 Å². The zero-order chi connectivity index (χ0) is 12.4. The first kappa shape index (κ1) is 11.0. The molecule has 0 amide bonds. The number of rotatable bonds is 3. The molecule has 1 unspecified atom stereocenters. The normalized spacial score (nSPS) is 17.0. The van der Waals surface area contributed by atoms with Crippen LogP contribution in [0.5, 0.6) is 17.2 Å². The molecule has 0 saturated heterocycles. The molecule has 1 atom stereocenters. The van der Waals surface area contributed by atoms with Crippen molar-refractivity contribution in [3.05, 3.63) is 54.1 Å². The first-order chi connectivity index (χ1) is 8.84. The topological polar surface area (TPSA) is 38.7 Å². The fourth-order valence-electron chi connectivity index (χ4n) is 2.14. The van der Waals surface area contributed by atoms with Crippen LogP contribution in [0.1, 0.15) is 11.5 Å². The molecule has 0 fully saturated rings. The minimum Gasteiger partial charge on any atom is -0.504 e. The molecule has 3 rings (SSSR count). The summed E-state index contributed by atoms with van der Waals surface area (Å²) in [6.07, 6.45) is 0. The van der Waals surface area contributed by atoms with Gasteiger partial charge >= 0.3 is 0 Å². The first-order valence-electron chi connectivity index (χ1n) is 5.97. The van der Waals surface area contributed by atoms with Crippen LogP contribution in [0.2, 0.25) is 0 Å². The van der Waals surface area contributed by atoms with Gasteiger partial charge < -0.3 is 14.6 Å². The summed E-state index contributed by atoms with van der Waals surface area (Å²) in [4.78, 5) is 0. The van der Waals surface area contributed by atoms with E-state index < -0.39 is 0 Å². The maximum Gasteiger partial charge on any atom is 0.160 e. The van der Waals surface area contributed by atoms with Gasteiger partial charge in [-0.3, -0.25) is 0 Å². The minimum absolute atomic E-state index is 0.171. The molecule has 2 aromatic rings. The summed E-state index contributed by atoms with van der Waals surface area (Å²) >= 11 is 0. The third-order valence-corrected chi connectivity index (χ3v) is 3.10. The molecule has 18 heavy (non-hydrogen) atoms. The van der Waals surface area contributed by atoms with Crippen molar-refractivity contribution in [2.45, 2.75) is 5.92 Å². The van der Waals surface area contributed by atoms with Crippen molar-refractivity contribution in [1.82, 2.24) is 0 Å². The molecule has 0 saturated carbocycles. The van der Waals surface area contributed by atoms with Gasteiger partial charge in [0, 0.05) is 5.56 Å². The van der Waals surface area contributed by atoms with Gasteiger partial charge in [-0.2, -0.15) is 0 Å². The van der Waals surface area contributed by atoms with Gasteiger partial charge in [-0.05, 0) is 18.2 Å². The lowest BCUT2D eigenvalue weighted by Gasteiger charge is -2.12. The summed E-state index contributed by atoms with van der Waals surface area (Å²) in [5.74, 6) is 1.84. The lowest BCUT2D eigenvalue weighted by atomic mass is 10.0. The summed E-state index contributed by atoms with van der Waals surface area (Å²) < 4.78 is 11.2. The van der Waals surface area contributed by atoms with E-state index in [9.17, 15) is 5.11 Å². The van der Waals surface area contributed by atoms with Crippen LogP contribution in [0.4, 0.5) is 0 Å². The summed E-state index contributed by atoms with van der Waals surface area (Å²) in [5, 5.41) is 9.62. The molecular weight excluding hydrogens is 228 g/mol. The van der Waals surface area contributed by atoms with Crippen LogP contribution in [0.25, 0.3) is 0 Å². The number of phenolic OH excluding ortho intramolecular Hbond substituents is 1. The monoisotopic (exact) mass is 242 g/mol. The van der Waals surface area contributed by atoms with Gasteiger partial charge in [-0.1, -0.05) is 30.3 Å². The standard InChI is InChI=1S/C15H14O3/c16-13-6-2-4-8-15(13)18-10-11-9-17-14-7-3-1-5-12(11)14/h1-8,11,16H,9-10H2. The number of phenols is 1. The summed E-state index contributed by atoms with van der Waals surface area (Å²) in [5.41, 5.74) is 1.17. The van der Waals surface area contributed by atoms with Crippen LogP contribution in [0, 0.1) is 0 Å². The Labute approximate surface area is 106 Å². The second kappa shape index (κ2) is 4.61. The third-order valence-electron chi connectivity index (χ3n) is 3.10. The van der Waals surface area contributed by atoms with E-state index in [1.54, 1.807) is 18.2 Å². The molecule has 1 heterocycles.